The number of hydrogen-bond donors (Lipinski definition) is 0. The molecule has 0 amide bonds. The first-order valence-electron chi connectivity index (χ1n) is 7.03. The van der Waals surface area contributed by atoms with Crippen LogP contribution in [0.5, 0.6) is 5.75 Å². The van der Waals surface area contributed by atoms with Crippen LogP contribution in [-0.2, 0) is 0 Å². The molecule has 0 spiro atoms. The number of benzene rings is 2. The molecule has 2 aromatic carbocycles. The molecule has 3 rings (SSSR count). The Morgan fingerprint density at radius 3 is 2.40 bits per heavy atom. The van der Waals surface area contributed by atoms with E-state index >= 15 is 0 Å². The average molecular weight is 266 g/mol. The van der Waals surface area contributed by atoms with Crippen LogP contribution in [0.3, 0.4) is 0 Å². The molecule has 2 aromatic rings. The normalized spacial score (nSPS) is 14.1. The van der Waals surface area contributed by atoms with E-state index in [1.54, 1.807) is 0 Å². The number of carbonyl (C=O) groups is 1. The standard InChI is InChI=1S/C18H18O2/c1-12-4-3-5-17(13(12)2)18(19)14-6-8-15(9-7-14)20-16-10-11-16/h3-9,16H,10-11H2,1-2H3. The van der Waals surface area contributed by atoms with Gasteiger partial charge in [0, 0.05) is 11.1 Å². The summed E-state index contributed by atoms with van der Waals surface area (Å²) < 4.78 is 5.70. The number of aryl methyl sites for hydroxylation is 1. The Bertz CT molecular complexity index is 637. The highest BCUT2D eigenvalue weighted by atomic mass is 16.5. The molecule has 0 unspecified atom stereocenters. The second-order valence-electron chi connectivity index (χ2n) is 5.42. The summed E-state index contributed by atoms with van der Waals surface area (Å²) in [6.07, 6.45) is 2.67. The Morgan fingerprint density at radius 1 is 1.05 bits per heavy atom. The Kier molecular flexibility index (Phi) is 3.31. The van der Waals surface area contributed by atoms with Gasteiger partial charge in [0.05, 0.1) is 6.10 Å². The van der Waals surface area contributed by atoms with Crippen molar-refractivity contribution in [2.75, 3.05) is 0 Å². The first-order chi connectivity index (χ1) is 9.65. The van der Waals surface area contributed by atoms with Crippen LogP contribution in [0.1, 0.15) is 39.9 Å². The van der Waals surface area contributed by atoms with Gasteiger partial charge in [-0.15, -0.1) is 0 Å². The highest BCUT2D eigenvalue weighted by molar-refractivity contribution is 6.10. The van der Waals surface area contributed by atoms with Gasteiger partial charge in [-0.1, -0.05) is 18.2 Å². The number of carbonyl (C=O) groups excluding carboxylic acids is 1. The predicted molar refractivity (Wildman–Crippen MR) is 79.4 cm³/mol. The average Bonchev–Trinajstić information content (AvgIpc) is 3.26. The zero-order chi connectivity index (χ0) is 14.1. The van der Waals surface area contributed by atoms with E-state index in [2.05, 4.69) is 0 Å². The van der Waals surface area contributed by atoms with Gasteiger partial charge >= 0.3 is 0 Å². The van der Waals surface area contributed by atoms with Gasteiger partial charge < -0.3 is 4.74 Å². The molecule has 1 aliphatic carbocycles. The minimum absolute atomic E-state index is 0.0733. The number of ether oxygens (including phenoxy) is 1. The van der Waals surface area contributed by atoms with Crippen molar-refractivity contribution in [1.29, 1.82) is 0 Å². The van der Waals surface area contributed by atoms with Crippen molar-refractivity contribution in [2.24, 2.45) is 0 Å². The molecule has 0 heterocycles. The fraction of sp³-hybridized carbons (Fsp3) is 0.278. The SMILES string of the molecule is Cc1cccc(C(=O)c2ccc(OC3CC3)cc2)c1C. The third-order valence-corrected chi connectivity index (χ3v) is 3.79. The molecule has 0 bridgehead atoms. The Balaban J connectivity index is 1.84. The molecule has 0 N–H and O–H groups in total. The lowest BCUT2D eigenvalue weighted by Crippen LogP contribution is -2.05. The van der Waals surface area contributed by atoms with Crippen LogP contribution in [0.2, 0.25) is 0 Å². The number of ketones is 1. The van der Waals surface area contributed by atoms with Gasteiger partial charge in [-0.2, -0.15) is 0 Å². The lowest BCUT2D eigenvalue weighted by Gasteiger charge is -2.09. The highest BCUT2D eigenvalue weighted by Gasteiger charge is 2.23. The molecule has 0 aliphatic heterocycles. The molecule has 2 heteroatoms. The zero-order valence-corrected chi connectivity index (χ0v) is 11.8. The van der Waals surface area contributed by atoms with Crippen molar-refractivity contribution >= 4 is 5.78 Å². The van der Waals surface area contributed by atoms with Crippen LogP contribution < -0.4 is 4.74 Å². The van der Waals surface area contributed by atoms with Crippen molar-refractivity contribution in [3.63, 3.8) is 0 Å². The maximum atomic E-state index is 12.5. The molecule has 102 valence electrons. The summed E-state index contributed by atoms with van der Waals surface area (Å²) in [6.45, 7) is 4.02. The fourth-order valence-electron chi connectivity index (χ4n) is 2.22. The number of rotatable bonds is 4. The largest absolute Gasteiger partial charge is 0.490 e. The van der Waals surface area contributed by atoms with Gasteiger partial charge in [0.2, 0.25) is 0 Å². The van der Waals surface area contributed by atoms with Crippen molar-refractivity contribution in [3.8, 4) is 5.75 Å². The van der Waals surface area contributed by atoms with E-state index in [-0.39, 0.29) is 5.78 Å². The first kappa shape index (κ1) is 12.9. The molecule has 1 saturated carbocycles. The van der Waals surface area contributed by atoms with Crippen LogP contribution >= 0.6 is 0 Å². The van der Waals surface area contributed by atoms with Crippen LogP contribution in [-0.4, -0.2) is 11.9 Å². The second-order valence-corrected chi connectivity index (χ2v) is 5.42. The van der Waals surface area contributed by atoms with E-state index in [4.69, 9.17) is 4.74 Å². The van der Waals surface area contributed by atoms with Crippen LogP contribution in [0.15, 0.2) is 42.5 Å². The molecular formula is C18H18O2. The summed E-state index contributed by atoms with van der Waals surface area (Å²) in [5.41, 5.74) is 3.68. The number of hydrogen-bond acceptors (Lipinski definition) is 2. The smallest absolute Gasteiger partial charge is 0.193 e. The maximum Gasteiger partial charge on any atom is 0.193 e. The Labute approximate surface area is 119 Å². The maximum absolute atomic E-state index is 12.5. The summed E-state index contributed by atoms with van der Waals surface area (Å²) in [4.78, 5) is 12.5. The van der Waals surface area contributed by atoms with E-state index in [0.29, 0.717) is 11.7 Å². The van der Waals surface area contributed by atoms with Gasteiger partial charge in [0.15, 0.2) is 5.78 Å². The quantitative estimate of drug-likeness (QED) is 0.780. The van der Waals surface area contributed by atoms with E-state index in [9.17, 15) is 4.79 Å². The third kappa shape index (κ3) is 2.60. The lowest BCUT2D eigenvalue weighted by atomic mass is 9.96. The van der Waals surface area contributed by atoms with Crippen LogP contribution in [0.25, 0.3) is 0 Å². The van der Waals surface area contributed by atoms with Gasteiger partial charge in [-0.05, 0) is 62.1 Å². The Morgan fingerprint density at radius 2 is 1.75 bits per heavy atom. The monoisotopic (exact) mass is 266 g/mol. The van der Waals surface area contributed by atoms with E-state index in [1.165, 1.54) is 0 Å². The molecule has 0 atom stereocenters. The van der Waals surface area contributed by atoms with E-state index < -0.39 is 0 Å². The molecule has 0 saturated heterocycles. The summed E-state index contributed by atoms with van der Waals surface area (Å²) in [5, 5.41) is 0. The van der Waals surface area contributed by atoms with Gasteiger partial charge in [0.1, 0.15) is 5.75 Å². The fourth-order valence-corrected chi connectivity index (χ4v) is 2.22. The summed E-state index contributed by atoms with van der Waals surface area (Å²) >= 11 is 0. The molecule has 0 radical (unpaired) electrons. The van der Waals surface area contributed by atoms with Crippen molar-refractivity contribution in [2.45, 2.75) is 32.8 Å². The Hall–Kier alpha value is -2.09. The molecule has 1 fully saturated rings. The van der Waals surface area contributed by atoms with Crippen molar-refractivity contribution in [3.05, 3.63) is 64.7 Å². The van der Waals surface area contributed by atoms with Crippen molar-refractivity contribution in [1.82, 2.24) is 0 Å². The van der Waals surface area contributed by atoms with Crippen LogP contribution in [0.4, 0.5) is 0 Å². The van der Waals surface area contributed by atoms with E-state index in [1.807, 2.05) is 56.3 Å². The summed E-state index contributed by atoms with van der Waals surface area (Å²) in [6, 6.07) is 13.3. The minimum atomic E-state index is 0.0733. The molecule has 0 aromatic heterocycles. The first-order valence-corrected chi connectivity index (χ1v) is 7.03. The molecule has 1 aliphatic rings. The van der Waals surface area contributed by atoms with E-state index in [0.717, 1.165) is 35.3 Å². The molecule has 20 heavy (non-hydrogen) atoms. The minimum Gasteiger partial charge on any atom is -0.490 e. The predicted octanol–water partition coefficient (Wildman–Crippen LogP) is 4.08. The zero-order valence-electron chi connectivity index (χ0n) is 11.8. The second kappa shape index (κ2) is 5.12. The topological polar surface area (TPSA) is 26.3 Å². The van der Waals surface area contributed by atoms with Gasteiger partial charge in [0.25, 0.3) is 0 Å². The summed E-state index contributed by atoms with van der Waals surface area (Å²) in [5.74, 6) is 0.925. The van der Waals surface area contributed by atoms with Gasteiger partial charge in [-0.25, -0.2) is 0 Å². The van der Waals surface area contributed by atoms with Gasteiger partial charge in [-0.3, -0.25) is 4.79 Å². The highest BCUT2D eigenvalue weighted by Crippen LogP contribution is 2.27. The molecular weight excluding hydrogens is 248 g/mol. The summed E-state index contributed by atoms with van der Waals surface area (Å²) in [7, 11) is 0. The molecule has 2 nitrogen and oxygen atoms in total. The lowest BCUT2D eigenvalue weighted by molar-refractivity contribution is 0.103. The van der Waals surface area contributed by atoms with Crippen LogP contribution in [0, 0.1) is 13.8 Å². The van der Waals surface area contributed by atoms with Crippen molar-refractivity contribution < 1.29 is 9.53 Å². The third-order valence-electron chi connectivity index (χ3n) is 3.79.